The molecule has 1 rings (SSSR count). The maximum atomic E-state index is 5.54. The van der Waals surface area contributed by atoms with Crippen molar-refractivity contribution in [3.8, 4) is 0 Å². The summed E-state index contributed by atoms with van der Waals surface area (Å²) in [7, 11) is 3.88. The topological polar surface area (TPSA) is 33.7 Å². The summed E-state index contributed by atoms with van der Waals surface area (Å²) in [5, 5.41) is 3.53. The average molecular weight is 216 g/mol. The van der Waals surface area contributed by atoms with Gasteiger partial charge in [-0.2, -0.15) is 0 Å². The number of nitrogens with one attached hydrogen (secondary N) is 1. The zero-order valence-electron chi connectivity index (χ0n) is 10.2. The van der Waals surface area contributed by atoms with Gasteiger partial charge in [0.1, 0.15) is 0 Å². The molecule has 0 amide bonds. The fourth-order valence-corrected chi connectivity index (χ4v) is 2.06. The Hall–Kier alpha value is -0.160. The van der Waals surface area contributed by atoms with Gasteiger partial charge in [0.25, 0.3) is 0 Å². The van der Waals surface area contributed by atoms with Crippen LogP contribution in [0.15, 0.2) is 0 Å². The molecule has 2 atom stereocenters. The van der Waals surface area contributed by atoms with Crippen LogP contribution in [0.4, 0.5) is 0 Å². The molecule has 0 spiro atoms. The largest absolute Gasteiger partial charge is 0.383 e. The molecule has 1 fully saturated rings. The summed E-state index contributed by atoms with van der Waals surface area (Å²) in [6.07, 6.45) is 1.11. The highest BCUT2D eigenvalue weighted by atomic mass is 16.5. The third-order valence-electron chi connectivity index (χ3n) is 3.01. The lowest BCUT2D eigenvalue weighted by molar-refractivity contribution is -0.000162. The second-order valence-electron chi connectivity index (χ2n) is 4.07. The van der Waals surface area contributed by atoms with Crippen molar-refractivity contribution in [2.75, 3.05) is 47.1 Å². The van der Waals surface area contributed by atoms with Gasteiger partial charge in [0.15, 0.2) is 0 Å². The predicted molar refractivity (Wildman–Crippen MR) is 61.2 cm³/mol. The Morgan fingerprint density at radius 3 is 3.00 bits per heavy atom. The van der Waals surface area contributed by atoms with E-state index in [9.17, 15) is 0 Å². The van der Waals surface area contributed by atoms with Crippen LogP contribution < -0.4 is 5.32 Å². The van der Waals surface area contributed by atoms with Crippen LogP contribution in [0.3, 0.4) is 0 Å². The Balaban J connectivity index is 2.39. The summed E-state index contributed by atoms with van der Waals surface area (Å²) in [6.45, 7) is 6.64. The van der Waals surface area contributed by atoms with Crippen LogP contribution in [-0.4, -0.2) is 64.1 Å². The molecule has 1 aliphatic heterocycles. The lowest BCUT2D eigenvalue weighted by Gasteiger charge is -2.38. The Morgan fingerprint density at radius 1 is 1.53 bits per heavy atom. The minimum atomic E-state index is 0.480. The number of likely N-dealkylation sites (N-methyl/N-ethyl adjacent to an activating group) is 2. The van der Waals surface area contributed by atoms with E-state index in [2.05, 4.69) is 24.2 Å². The van der Waals surface area contributed by atoms with E-state index in [1.807, 2.05) is 0 Å². The second-order valence-corrected chi connectivity index (χ2v) is 4.07. The zero-order valence-corrected chi connectivity index (χ0v) is 10.2. The van der Waals surface area contributed by atoms with Crippen LogP contribution in [0.25, 0.3) is 0 Å². The fraction of sp³-hybridized carbons (Fsp3) is 1.00. The molecule has 4 heteroatoms. The molecule has 0 bridgehead atoms. The minimum absolute atomic E-state index is 0.480. The number of hydrogen-bond acceptors (Lipinski definition) is 4. The highest BCUT2D eigenvalue weighted by Gasteiger charge is 2.27. The fourth-order valence-electron chi connectivity index (χ4n) is 2.06. The molecule has 1 saturated heterocycles. The van der Waals surface area contributed by atoms with E-state index in [0.29, 0.717) is 12.1 Å². The third-order valence-corrected chi connectivity index (χ3v) is 3.01. The van der Waals surface area contributed by atoms with Crippen molar-refractivity contribution in [2.45, 2.75) is 25.4 Å². The summed E-state index contributed by atoms with van der Waals surface area (Å²) >= 11 is 0. The van der Waals surface area contributed by atoms with Gasteiger partial charge in [0.2, 0.25) is 0 Å². The summed E-state index contributed by atoms with van der Waals surface area (Å²) in [4.78, 5) is 2.33. The molecule has 0 aromatic carbocycles. The number of methoxy groups -OCH3 is 1. The molecule has 0 aliphatic carbocycles. The van der Waals surface area contributed by atoms with Crippen molar-refractivity contribution in [3.63, 3.8) is 0 Å². The van der Waals surface area contributed by atoms with Crippen molar-refractivity contribution in [2.24, 2.45) is 0 Å². The lowest BCUT2D eigenvalue weighted by atomic mass is 10.0. The van der Waals surface area contributed by atoms with Gasteiger partial charge in [-0.05, 0) is 20.0 Å². The van der Waals surface area contributed by atoms with Crippen LogP contribution in [0.1, 0.15) is 13.3 Å². The molecule has 0 saturated carbocycles. The van der Waals surface area contributed by atoms with Crippen molar-refractivity contribution < 1.29 is 9.47 Å². The van der Waals surface area contributed by atoms with Crippen LogP contribution in [0.2, 0.25) is 0 Å². The summed E-state index contributed by atoms with van der Waals surface area (Å²) in [5.41, 5.74) is 0. The normalized spacial score (nSPS) is 27.2. The van der Waals surface area contributed by atoms with Gasteiger partial charge >= 0.3 is 0 Å². The van der Waals surface area contributed by atoms with E-state index in [1.165, 1.54) is 0 Å². The Morgan fingerprint density at radius 2 is 2.33 bits per heavy atom. The Kier molecular flexibility index (Phi) is 6.17. The molecule has 2 unspecified atom stereocenters. The predicted octanol–water partition coefficient (Wildman–Crippen LogP) is 0.332. The molecular weight excluding hydrogens is 192 g/mol. The highest BCUT2D eigenvalue weighted by molar-refractivity contribution is 4.85. The van der Waals surface area contributed by atoms with Gasteiger partial charge in [0.05, 0.1) is 13.2 Å². The number of hydrogen-bond donors (Lipinski definition) is 1. The molecule has 0 aromatic heterocycles. The summed E-state index contributed by atoms with van der Waals surface area (Å²) in [5.74, 6) is 0. The van der Waals surface area contributed by atoms with Gasteiger partial charge in [-0.3, -0.25) is 4.90 Å². The monoisotopic (exact) mass is 216 g/mol. The van der Waals surface area contributed by atoms with Crippen molar-refractivity contribution in [3.05, 3.63) is 0 Å². The van der Waals surface area contributed by atoms with E-state index < -0.39 is 0 Å². The van der Waals surface area contributed by atoms with Gasteiger partial charge < -0.3 is 14.8 Å². The maximum absolute atomic E-state index is 5.54. The first-order valence-electron chi connectivity index (χ1n) is 5.80. The molecule has 15 heavy (non-hydrogen) atoms. The first-order chi connectivity index (χ1) is 7.29. The lowest BCUT2D eigenvalue weighted by Crippen LogP contribution is -2.54. The van der Waals surface area contributed by atoms with Crippen molar-refractivity contribution in [1.29, 1.82) is 0 Å². The van der Waals surface area contributed by atoms with Crippen molar-refractivity contribution >= 4 is 0 Å². The van der Waals surface area contributed by atoms with Gasteiger partial charge in [-0.25, -0.2) is 0 Å². The molecule has 0 radical (unpaired) electrons. The first kappa shape index (κ1) is 12.9. The Bertz CT molecular complexity index is 165. The molecule has 0 aromatic rings. The van der Waals surface area contributed by atoms with E-state index >= 15 is 0 Å². The molecular formula is C11H24N2O2. The summed E-state index contributed by atoms with van der Waals surface area (Å²) in [6, 6.07) is 1.04. The van der Waals surface area contributed by atoms with Crippen LogP contribution >= 0.6 is 0 Å². The molecule has 1 heterocycles. The smallest absolute Gasteiger partial charge is 0.0636 e. The van der Waals surface area contributed by atoms with E-state index in [-0.39, 0.29) is 0 Å². The molecule has 4 nitrogen and oxygen atoms in total. The average Bonchev–Trinajstić information content (AvgIpc) is 2.27. The minimum Gasteiger partial charge on any atom is -0.383 e. The van der Waals surface area contributed by atoms with Crippen LogP contribution in [0, 0.1) is 0 Å². The van der Waals surface area contributed by atoms with Crippen molar-refractivity contribution in [1.82, 2.24) is 10.2 Å². The number of rotatable bonds is 6. The SMILES string of the molecule is CCNC1CCOCC1N(C)CCOC. The Labute approximate surface area is 92.9 Å². The van der Waals surface area contributed by atoms with Gasteiger partial charge in [0, 0.05) is 32.3 Å². The molecule has 1 aliphatic rings. The van der Waals surface area contributed by atoms with Gasteiger partial charge in [-0.15, -0.1) is 0 Å². The maximum Gasteiger partial charge on any atom is 0.0636 e. The number of nitrogens with zero attached hydrogens (tertiary/aromatic N) is 1. The highest BCUT2D eigenvalue weighted by Crippen LogP contribution is 2.12. The first-order valence-corrected chi connectivity index (χ1v) is 5.80. The third kappa shape index (κ3) is 4.07. The standard InChI is InChI=1S/C11H24N2O2/c1-4-12-10-5-7-15-9-11(10)13(2)6-8-14-3/h10-12H,4-9H2,1-3H3. The number of ether oxygens (including phenoxy) is 2. The molecule has 90 valence electrons. The molecule has 1 N–H and O–H groups in total. The van der Waals surface area contributed by atoms with Crippen LogP contribution in [-0.2, 0) is 9.47 Å². The van der Waals surface area contributed by atoms with E-state index in [4.69, 9.17) is 9.47 Å². The van der Waals surface area contributed by atoms with E-state index in [1.54, 1.807) is 7.11 Å². The van der Waals surface area contributed by atoms with E-state index in [0.717, 1.165) is 39.3 Å². The van der Waals surface area contributed by atoms with Gasteiger partial charge in [-0.1, -0.05) is 6.92 Å². The zero-order chi connectivity index (χ0) is 11.1. The quantitative estimate of drug-likeness (QED) is 0.694. The van der Waals surface area contributed by atoms with Crippen LogP contribution in [0.5, 0.6) is 0 Å². The second kappa shape index (κ2) is 7.17. The summed E-state index contributed by atoms with van der Waals surface area (Å²) < 4.78 is 10.6.